The molecule has 0 fully saturated rings. The number of rotatable bonds is 4. The summed E-state index contributed by atoms with van der Waals surface area (Å²) in [6.45, 7) is 4.04. The Labute approximate surface area is 166 Å². The van der Waals surface area contributed by atoms with Crippen LogP contribution in [0.5, 0.6) is 5.75 Å². The predicted octanol–water partition coefficient (Wildman–Crippen LogP) is 0.321. The lowest BCUT2D eigenvalue weighted by atomic mass is 10.1. The maximum Gasteiger partial charge on any atom is 0.316 e. The number of ether oxygens (including phenoxy) is 1. The summed E-state index contributed by atoms with van der Waals surface area (Å²) in [6.07, 6.45) is 1.09. The van der Waals surface area contributed by atoms with Gasteiger partial charge in [0.05, 0.1) is 18.0 Å². The van der Waals surface area contributed by atoms with Crippen molar-refractivity contribution < 1.29 is 31.4 Å². The molecule has 0 saturated carbocycles. The van der Waals surface area contributed by atoms with Gasteiger partial charge in [-0.05, 0) is 48.7 Å². The molecule has 1 aromatic carbocycles. The van der Waals surface area contributed by atoms with E-state index in [1.807, 2.05) is 54.4 Å². The summed E-state index contributed by atoms with van der Waals surface area (Å²) in [4.78, 5) is 3.22. The van der Waals surface area contributed by atoms with E-state index >= 15 is 0 Å². The number of hydrogen-bond acceptors (Lipinski definition) is 5. The zero-order valence-electron chi connectivity index (χ0n) is 14.0. The average molecular weight is 441 g/mol. The summed E-state index contributed by atoms with van der Waals surface area (Å²) in [7, 11) is 0. The van der Waals surface area contributed by atoms with E-state index in [1.54, 1.807) is 11.3 Å². The Morgan fingerprint density at radius 3 is 2.88 bits per heavy atom. The van der Waals surface area contributed by atoms with E-state index in [4.69, 9.17) is 4.74 Å². The monoisotopic (exact) mass is 440 g/mol. The molecule has 2 aliphatic heterocycles. The van der Waals surface area contributed by atoms with Crippen LogP contribution in [0.1, 0.15) is 18.2 Å². The predicted molar refractivity (Wildman–Crippen MR) is 100 cm³/mol. The fourth-order valence-corrected chi connectivity index (χ4v) is 5.36. The molecule has 1 aromatic heterocycles. The third-order valence-corrected chi connectivity index (χ3v) is 6.62. The maximum atomic E-state index is 11.5. The molecule has 0 amide bonds. The highest BCUT2D eigenvalue weighted by Crippen LogP contribution is 2.41. The first-order valence-electron chi connectivity index (χ1n) is 8.27. The largest absolute Gasteiger partial charge is 1.00 e. The number of halogens is 1. The lowest BCUT2D eigenvalue weighted by Crippen LogP contribution is -3.00. The quantitative estimate of drug-likeness (QED) is 0.694. The molecule has 1 atom stereocenters. The Hall–Kier alpha value is -1.02. The summed E-state index contributed by atoms with van der Waals surface area (Å²) in [5.41, 5.74) is 0.0669. The fraction of sp³-hybridized carbons (Fsp3) is 0.389. The smallest absolute Gasteiger partial charge is 0.316 e. The first kappa shape index (κ1) is 18.8. The van der Waals surface area contributed by atoms with Crippen LogP contribution in [-0.4, -0.2) is 40.3 Å². The summed E-state index contributed by atoms with van der Waals surface area (Å²) < 4.78 is 7.99. The van der Waals surface area contributed by atoms with Gasteiger partial charge in [-0.25, -0.2) is 9.48 Å². The van der Waals surface area contributed by atoms with Crippen molar-refractivity contribution in [3.05, 3.63) is 46.7 Å². The minimum absolute atomic E-state index is 0. The van der Waals surface area contributed by atoms with Crippen molar-refractivity contribution in [2.45, 2.75) is 19.1 Å². The molecular formula is C18H21BrN2O2S2. The molecule has 2 aliphatic rings. The number of para-hydroxylation sites is 2. The Morgan fingerprint density at radius 2 is 2.12 bits per heavy atom. The van der Waals surface area contributed by atoms with Crippen LogP contribution < -0.4 is 26.6 Å². The Bertz CT molecular complexity index is 766. The number of hydrogen-bond donors (Lipinski definition) is 1. The molecule has 134 valence electrons. The number of thioether (sulfide) groups is 1. The Kier molecular flexibility index (Phi) is 5.78. The Morgan fingerprint density at radius 1 is 1.28 bits per heavy atom. The van der Waals surface area contributed by atoms with Gasteiger partial charge in [0.25, 0.3) is 5.72 Å². The molecule has 7 heteroatoms. The summed E-state index contributed by atoms with van der Waals surface area (Å²) >= 11 is 3.43. The average Bonchev–Trinajstić information content (AvgIpc) is 3.24. The molecule has 0 aliphatic carbocycles. The van der Waals surface area contributed by atoms with Crippen molar-refractivity contribution in [3.8, 4) is 5.75 Å². The molecular weight excluding hydrogens is 420 g/mol. The molecule has 0 saturated heterocycles. The van der Waals surface area contributed by atoms with Gasteiger partial charge in [-0.15, -0.1) is 11.3 Å². The molecule has 0 bridgehead atoms. The highest BCUT2D eigenvalue weighted by atomic mass is 79.9. The van der Waals surface area contributed by atoms with Gasteiger partial charge in [-0.2, -0.15) is 0 Å². The molecule has 4 nitrogen and oxygen atoms in total. The van der Waals surface area contributed by atoms with Gasteiger partial charge in [-0.3, -0.25) is 0 Å². The summed E-state index contributed by atoms with van der Waals surface area (Å²) in [6, 6.07) is 12.1. The van der Waals surface area contributed by atoms with Gasteiger partial charge in [0.15, 0.2) is 18.0 Å². The highest BCUT2D eigenvalue weighted by molar-refractivity contribution is 8.13. The van der Waals surface area contributed by atoms with Crippen LogP contribution in [-0.2, 0) is 5.72 Å². The van der Waals surface area contributed by atoms with Crippen molar-refractivity contribution in [2.24, 2.45) is 0 Å². The van der Waals surface area contributed by atoms with Crippen molar-refractivity contribution in [1.82, 2.24) is 0 Å². The number of β-amino-alcohol motifs (C(OH)–C–C–N with tert-alkyl or cyclic N) is 1. The van der Waals surface area contributed by atoms with E-state index < -0.39 is 5.72 Å². The molecule has 4 rings (SSSR count). The molecule has 0 radical (unpaired) electrons. The van der Waals surface area contributed by atoms with Crippen LogP contribution in [0, 0.1) is 0 Å². The van der Waals surface area contributed by atoms with Gasteiger partial charge in [0.1, 0.15) is 0 Å². The molecule has 1 unspecified atom stereocenters. The topological polar surface area (TPSA) is 35.7 Å². The molecule has 0 spiro atoms. The third kappa shape index (κ3) is 3.23. The van der Waals surface area contributed by atoms with Crippen LogP contribution >= 0.6 is 23.1 Å². The van der Waals surface area contributed by atoms with Crippen LogP contribution in [0.3, 0.4) is 0 Å². The Balaban J connectivity index is 0.00000182. The summed E-state index contributed by atoms with van der Waals surface area (Å²) in [5.74, 6) is 1.95. The molecule has 1 N–H and O–H groups in total. The van der Waals surface area contributed by atoms with Crippen LogP contribution in [0.25, 0.3) is 0 Å². The second-order valence-electron chi connectivity index (χ2n) is 5.92. The van der Waals surface area contributed by atoms with Crippen molar-refractivity contribution in [2.75, 3.05) is 30.3 Å². The standard InChI is InChI=1S/C18H21N2O2S2.BrH/c1-2-22-15-8-4-3-7-14(15)19-13-18(21,16-9-5-11-23-16)20-10-6-12-24-17(19)20;/h3-5,7-9,11,21H,2,6,10,12-13H2,1H3;1H/q+1;/p-1. The van der Waals surface area contributed by atoms with Crippen molar-refractivity contribution in [3.63, 3.8) is 0 Å². The maximum absolute atomic E-state index is 11.5. The van der Waals surface area contributed by atoms with Crippen LogP contribution in [0.4, 0.5) is 5.69 Å². The lowest BCUT2D eigenvalue weighted by molar-refractivity contribution is -0.655. The highest BCUT2D eigenvalue weighted by Gasteiger charge is 2.54. The van der Waals surface area contributed by atoms with Gasteiger partial charge in [0, 0.05) is 5.75 Å². The van der Waals surface area contributed by atoms with Gasteiger partial charge >= 0.3 is 5.17 Å². The van der Waals surface area contributed by atoms with E-state index in [0.717, 1.165) is 40.2 Å². The number of nitrogens with zero attached hydrogens (tertiary/aromatic N) is 2. The number of benzene rings is 1. The zero-order chi connectivity index (χ0) is 16.6. The fourth-order valence-electron chi connectivity index (χ4n) is 3.36. The second kappa shape index (κ2) is 7.70. The van der Waals surface area contributed by atoms with E-state index in [9.17, 15) is 5.11 Å². The molecule has 3 heterocycles. The van der Waals surface area contributed by atoms with E-state index in [-0.39, 0.29) is 17.0 Å². The second-order valence-corrected chi connectivity index (χ2v) is 7.93. The number of aliphatic hydroxyl groups is 1. The normalized spacial score (nSPS) is 22.6. The zero-order valence-corrected chi connectivity index (χ0v) is 17.2. The van der Waals surface area contributed by atoms with Crippen molar-refractivity contribution in [1.29, 1.82) is 0 Å². The van der Waals surface area contributed by atoms with Crippen LogP contribution in [0.15, 0.2) is 41.8 Å². The number of anilines is 1. The molecule has 2 aromatic rings. The van der Waals surface area contributed by atoms with E-state index in [2.05, 4.69) is 15.5 Å². The number of amidine groups is 1. The first-order chi connectivity index (χ1) is 11.7. The molecule has 25 heavy (non-hydrogen) atoms. The van der Waals surface area contributed by atoms with E-state index in [0.29, 0.717) is 13.2 Å². The van der Waals surface area contributed by atoms with Crippen molar-refractivity contribution >= 4 is 34.0 Å². The van der Waals surface area contributed by atoms with Gasteiger partial charge < -0.3 is 26.8 Å². The minimum Gasteiger partial charge on any atom is -1.00 e. The van der Waals surface area contributed by atoms with Crippen LogP contribution in [0.2, 0.25) is 0 Å². The van der Waals surface area contributed by atoms with Gasteiger partial charge in [-0.1, -0.05) is 18.2 Å². The first-order valence-corrected chi connectivity index (χ1v) is 10.1. The van der Waals surface area contributed by atoms with Gasteiger partial charge in [0.2, 0.25) is 0 Å². The summed E-state index contributed by atoms with van der Waals surface area (Å²) in [5, 5.41) is 14.7. The SMILES string of the molecule is CCOc1ccccc1N1CC(O)(c2cccs2)[N+]2=C1SCCC2.[Br-]. The number of thiophene rings is 1. The third-order valence-electron chi connectivity index (χ3n) is 4.42. The lowest BCUT2D eigenvalue weighted by Gasteiger charge is -2.22. The van der Waals surface area contributed by atoms with E-state index in [1.165, 1.54) is 0 Å². The minimum atomic E-state index is -0.962.